The molecule has 0 atom stereocenters. The molecule has 0 amide bonds. The molecule has 0 spiro atoms. The lowest BCUT2D eigenvalue weighted by Gasteiger charge is -2.08. The van der Waals surface area contributed by atoms with Crippen molar-refractivity contribution in [1.82, 2.24) is 9.55 Å². The Hall–Kier alpha value is -2.37. The Morgan fingerprint density at radius 3 is 2.89 bits per heavy atom. The van der Waals surface area contributed by atoms with Gasteiger partial charge in [0.25, 0.3) is 5.56 Å². The molecule has 6 nitrogen and oxygen atoms in total. The second-order valence-electron chi connectivity index (χ2n) is 4.21. The molecular weight excluding hydrogens is 246 g/mol. The second kappa shape index (κ2) is 5.51. The van der Waals surface area contributed by atoms with Gasteiger partial charge in [-0.1, -0.05) is 13.3 Å². The maximum atomic E-state index is 11.7. The molecule has 6 heteroatoms. The number of hydrogen-bond donors (Lipinski definition) is 2. The fourth-order valence-electron chi connectivity index (χ4n) is 1.78. The van der Waals surface area contributed by atoms with Crippen LogP contribution < -0.4 is 11.2 Å². The monoisotopic (exact) mass is 261 g/mol. The van der Waals surface area contributed by atoms with Gasteiger partial charge in [-0.05, 0) is 24.6 Å². The molecule has 0 unspecified atom stereocenters. The lowest BCUT2D eigenvalue weighted by atomic mass is 10.2. The smallest absolute Gasteiger partial charge is 0.331 e. The molecule has 1 aromatic rings. The number of allylic oxidation sites excluding steroid dienone is 2. The van der Waals surface area contributed by atoms with Crippen LogP contribution in [0.3, 0.4) is 0 Å². The molecule has 2 heterocycles. The molecule has 0 aromatic carbocycles. The van der Waals surface area contributed by atoms with Crippen LogP contribution in [0.25, 0.3) is 6.08 Å². The molecule has 100 valence electrons. The van der Waals surface area contributed by atoms with Gasteiger partial charge >= 0.3 is 5.69 Å². The number of unbranched alkanes of at least 4 members (excludes halogenated alkanes) is 1. The standard InChI is InChI=1S/C13H15N3O3/c1-2-3-7-16-12(18)10(11(17)15-13(16)19)8-9-5-4-6-14-9/h4-6,8,18H,2-3,7H2,1H3,(H,15,17,19)/b9-8-. The van der Waals surface area contributed by atoms with E-state index in [1.165, 1.54) is 10.6 Å². The summed E-state index contributed by atoms with van der Waals surface area (Å²) in [6, 6.07) is 0. The molecule has 1 aromatic heterocycles. The van der Waals surface area contributed by atoms with Crippen LogP contribution in [0.2, 0.25) is 0 Å². The zero-order valence-electron chi connectivity index (χ0n) is 10.6. The Morgan fingerprint density at radius 1 is 1.47 bits per heavy atom. The van der Waals surface area contributed by atoms with Crippen LogP contribution in [0.5, 0.6) is 5.88 Å². The highest BCUT2D eigenvalue weighted by atomic mass is 16.3. The van der Waals surface area contributed by atoms with Crippen molar-refractivity contribution in [1.29, 1.82) is 0 Å². The van der Waals surface area contributed by atoms with Crippen molar-refractivity contribution in [3.63, 3.8) is 0 Å². The van der Waals surface area contributed by atoms with Gasteiger partial charge in [-0.15, -0.1) is 0 Å². The first-order chi connectivity index (χ1) is 9.13. The molecule has 2 N–H and O–H groups in total. The molecule has 0 saturated heterocycles. The highest BCUT2D eigenvalue weighted by Crippen LogP contribution is 2.16. The fraction of sp³-hybridized carbons (Fsp3) is 0.308. The van der Waals surface area contributed by atoms with Gasteiger partial charge in [0, 0.05) is 12.8 Å². The summed E-state index contributed by atoms with van der Waals surface area (Å²) >= 11 is 0. The molecule has 0 saturated carbocycles. The first-order valence-electron chi connectivity index (χ1n) is 6.12. The molecule has 1 aliphatic rings. The van der Waals surface area contributed by atoms with Crippen LogP contribution in [0.4, 0.5) is 0 Å². The van der Waals surface area contributed by atoms with Crippen molar-refractivity contribution in [2.24, 2.45) is 4.99 Å². The summed E-state index contributed by atoms with van der Waals surface area (Å²) in [4.78, 5) is 29.6. The first-order valence-corrected chi connectivity index (χ1v) is 6.12. The summed E-state index contributed by atoms with van der Waals surface area (Å²) in [5.41, 5.74) is -0.599. The average Bonchev–Trinajstić information content (AvgIpc) is 2.87. The van der Waals surface area contributed by atoms with E-state index in [2.05, 4.69) is 9.98 Å². The van der Waals surface area contributed by atoms with Crippen molar-refractivity contribution in [3.8, 4) is 5.88 Å². The van der Waals surface area contributed by atoms with Gasteiger partial charge in [0.2, 0.25) is 5.88 Å². The molecule has 19 heavy (non-hydrogen) atoms. The maximum Gasteiger partial charge on any atom is 0.331 e. The Balaban J connectivity index is 2.52. The maximum absolute atomic E-state index is 11.7. The van der Waals surface area contributed by atoms with Gasteiger partial charge in [0.05, 0.1) is 5.70 Å². The number of aromatic amines is 1. The highest BCUT2D eigenvalue weighted by Gasteiger charge is 2.12. The molecule has 2 rings (SSSR count). The van der Waals surface area contributed by atoms with Crippen LogP contribution in [0.1, 0.15) is 25.3 Å². The summed E-state index contributed by atoms with van der Waals surface area (Å²) < 4.78 is 1.17. The molecule has 1 aliphatic heterocycles. The second-order valence-corrected chi connectivity index (χ2v) is 4.21. The van der Waals surface area contributed by atoms with Gasteiger partial charge in [-0.25, -0.2) is 4.79 Å². The number of aliphatic imine (C=N–C) groups is 1. The van der Waals surface area contributed by atoms with Gasteiger partial charge in [0.1, 0.15) is 5.56 Å². The normalized spacial score (nSPS) is 15.5. The number of H-pyrrole nitrogens is 1. The van der Waals surface area contributed by atoms with Gasteiger partial charge in [-0.3, -0.25) is 19.3 Å². The van der Waals surface area contributed by atoms with Crippen LogP contribution in [0.15, 0.2) is 32.4 Å². The number of rotatable bonds is 4. The minimum Gasteiger partial charge on any atom is -0.494 e. The quantitative estimate of drug-likeness (QED) is 0.848. The van der Waals surface area contributed by atoms with Crippen molar-refractivity contribution in [2.75, 3.05) is 0 Å². The van der Waals surface area contributed by atoms with E-state index < -0.39 is 11.2 Å². The predicted octanol–water partition coefficient (Wildman–Crippen LogP) is 1.02. The fourth-order valence-corrected chi connectivity index (χ4v) is 1.78. The largest absolute Gasteiger partial charge is 0.494 e. The average molecular weight is 261 g/mol. The van der Waals surface area contributed by atoms with Gasteiger partial charge < -0.3 is 5.11 Å². The van der Waals surface area contributed by atoms with E-state index in [0.29, 0.717) is 12.2 Å². The van der Waals surface area contributed by atoms with E-state index in [-0.39, 0.29) is 11.4 Å². The molecule has 0 radical (unpaired) electrons. The van der Waals surface area contributed by atoms with Crippen molar-refractivity contribution in [2.45, 2.75) is 26.3 Å². The predicted molar refractivity (Wildman–Crippen MR) is 73.5 cm³/mol. The third-order valence-electron chi connectivity index (χ3n) is 2.81. The minimum absolute atomic E-state index is 0.0504. The van der Waals surface area contributed by atoms with Crippen LogP contribution >= 0.6 is 0 Å². The van der Waals surface area contributed by atoms with E-state index in [1.807, 2.05) is 6.92 Å². The third-order valence-corrected chi connectivity index (χ3v) is 2.81. The summed E-state index contributed by atoms with van der Waals surface area (Å²) in [6.45, 7) is 2.35. The van der Waals surface area contributed by atoms with E-state index >= 15 is 0 Å². The van der Waals surface area contributed by atoms with Crippen LogP contribution in [0, 0.1) is 0 Å². The zero-order chi connectivity index (χ0) is 13.8. The SMILES string of the molecule is CCCCn1c(O)c(/C=C2/C=CC=N2)c(=O)[nH]c1=O. The first kappa shape index (κ1) is 13.1. The summed E-state index contributed by atoms with van der Waals surface area (Å²) in [7, 11) is 0. The summed E-state index contributed by atoms with van der Waals surface area (Å²) in [6.07, 6.45) is 8.10. The lowest BCUT2D eigenvalue weighted by molar-refractivity contribution is 0.394. The Labute approximate surface area is 109 Å². The van der Waals surface area contributed by atoms with E-state index in [1.54, 1.807) is 18.4 Å². The number of nitrogens with one attached hydrogen (secondary N) is 1. The van der Waals surface area contributed by atoms with Crippen molar-refractivity contribution >= 4 is 12.3 Å². The van der Waals surface area contributed by atoms with Crippen molar-refractivity contribution in [3.05, 3.63) is 44.3 Å². The highest BCUT2D eigenvalue weighted by molar-refractivity contribution is 5.79. The zero-order valence-corrected chi connectivity index (χ0v) is 10.6. The van der Waals surface area contributed by atoms with Crippen molar-refractivity contribution < 1.29 is 5.11 Å². The lowest BCUT2D eigenvalue weighted by Crippen LogP contribution is -2.31. The Kier molecular flexibility index (Phi) is 3.79. The van der Waals surface area contributed by atoms with E-state index in [9.17, 15) is 14.7 Å². The Morgan fingerprint density at radius 2 is 2.26 bits per heavy atom. The van der Waals surface area contributed by atoms with Gasteiger partial charge in [-0.2, -0.15) is 0 Å². The Bertz CT molecular complexity index is 663. The third kappa shape index (κ3) is 2.73. The summed E-state index contributed by atoms with van der Waals surface area (Å²) in [5, 5.41) is 10.1. The number of nitrogens with zero attached hydrogens (tertiary/aromatic N) is 2. The molecule has 0 aliphatic carbocycles. The number of aromatic hydroxyl groups is 1. The number of hydrogen-bond acceptors (Lipinski definition) is 4. The van der Waals surface area contributed by atoms with E-state index in [4.69, 9.17) is 0 Å². The summed E-state index contributed by atoms with van der Waals surface area (Å²) in [5.74, 6) is -0.315. The topological polar surface area (TPSA) is 87.4 Å². The van der Waals surface area contributed by atoms with Crippen LogP contribution in [-0.2, 0) is 6.54 Å². The van der Waals surface area contributed by atoms with Crippen LogP contribution in [-0.4, -0.2) is 20.9 Å². The van der Waals surface area contributed by atoms with E-state index in [0.717, 1.165) is 12.8 Å². The molecule has 0 fully saturated rings. The molecule has 0 bridgehead atoms. The molecular formula is C13H15N3O3. The minimum atomic E-state index is -0.613. The van der Waals surface area contributed by atoms with Gasteiger partial charge in [0.15, 0.2) is 0 Å². The number of aromatic nitrogens is 2.